The molecule has 2 unspecified atom stereocenters. The summed E-state index contributed by atoms with van der Waals surface area (Å²) in [6.07, 6.45) is 4.81. The van der Waals surface area contributed by atoms with Gasteiger partial charge in [0.1, 0.15) is 0 Å². The smallest absolute Gasteiger partial charge is 0.0512 e. The van der Waals surface area contributed by atoms with Gasteiger partial charge in [0, 0.05) is 18.1 Å². The third-order valence-corrected chi connectivity index (χ3v) is 3.82. The van der Waals surface area contributed by atoms with Crippen molar-refractivity contribution in [3.8, 4) is 0 Å². The van der Waals surface area contributed by atoms with Crippen LogP contribution in [0, 0.1) is 11.3 Å². The fourth-order valence-electron chi connectivity index (χ4n) is 2.98. The van der Waals surface area contributed by atoms with Crippen LogP contribution in [-0.4, -0.2) is 18.8 Å². The first kappa shape index (κ1) is 9.47. The van der Waals surface area contributed by atoms with Crippen LogP contribution in [0.25, 0.3) is 0 Å². The molecule has 0 spiro atoms. The van der Waals surface area contributed by atoms with Crippen molar-refractivity contribution in [2.75, 3.05) is 13.2 Å². The molecule has 2 aliphatic rings. The van der Waals surface area contributed by atoms with Crippen LogP contribution in [0.4, 0.5) is 0 Å². The average Bonchev–Trinajstić information content (AvgIpc) is 2.58. The highest BCUT2D eigenvalue weighted by Crippen LogP contribution is 2.47. The van der Waals surface area contributed by atoms with Crippen LogP contribution in [0.15, 0.2) is 0 Å². The van der Waals surface area contributed by atoms with Crippen molar-refractivity contribution in [1.29, 1.82) is 0 Å². The standard InChI is InChI=1S/C11H21NO/c1-10(2)4-5-11(12,8-10)9-3-6-13-7-9/h9H,3-8,12H2,1-2H3. The van der Waals surface area contributed by atoms with E-state index in [0.717, 1.165) is 13.2 Å². The summed E-state index contributed by atoms with van der Waals surface area (Å²) in [5.74, 6) is 0.620. The molecule has 0 radical (unpaired) electrons. The maximum atomic E-state index is 6.46. The molecule has 1 heterocycles. The molecule has 0 aromatic heterocycles. The molecule has 1 aliphatic heterocycles. The zero-order chi connectivity index (χ0) is 9.53. The number of nitrogens with two attached hydrogens (primary N) is 1. The van der Waals surface area contributed by atoms with Crippen molar-refractivity contribution < 1.29 is 4.74 Å². The lowest BCUT2D eigenvalue weighted by Gasteiger charge is -2.31. The Hall–Kier alpha value is -0.0800. The zero-order valence-corrected chi connectivity index (χ0v) is 8.81. The number of rotatable bonds is 1. The van der Waals surface area contributed by atoms with Crippen molar-refractivity contribution in [1.82, 2.24) is 0 Å². The summed E-state index contributed by atoms with van der Waals surface area (Å²) in [5.41, 5.74) is 7.00. The van der Waals surface area contributed by atoms with Crippen LogP contribution in [0.1, 0.15) is 39.5 Å². The molecule has 76 valence electrons. The molecule has 1 saturated carbocycles. The summed E-state index contributed by atoms with van der Waals surface area (Å²) in [4.78, 5) is 0. The first-order chi connectivity index (χ1) is 6.02. The van der Waals surface area contributed by atoms with Crippen molar-refractivity contribution in [2.45, 2.75) is 45.1 Å². The molecule has 0 bridgehead atoms. The Morgan fingerprint density at radius 3 is 2.54 bits per heavy atom. The van der Waals surface area contributed by atoms with Gasteiger partial charge in [0.2, 0.25) is 0 Å². The topological polar surface area (TPSA) is 35.2 Å². The van der Waals surface area contributed by atoms with Crippen LogP contribution in [0.2, 0.25) is 0 Å². The van der Waals surface area contributed by atoms with E-state index in [-0.39, 0.29) is 5.54 Å². The number of ether oxygens (including phenoxy) is 1. The van der Waals surface area contributed by atoms with Gasteiger partial charge in [0.15, 0.2) is 0 Å². The molecule has 0 amide bonds. The van der Waals surface area contributed by atoms with E-state index in [4.69, 9.17) is 10.5 Å². The van der Waals surface area contributed by atoms with Gasteiger partial charge in [0.25, 0.3) is 0 Å². The zero-order valence-electron chi connectivity index (χ0n) is 8.81. The van der Waals surface area contributed by atoms with E-state index < -0.39 is 0 Å². The van der Waals surface area contributed by atoms with Gasteiger partial charge in [0.05, 0.1) is 6.61 Å². The Kier molecular flexibility index (Phi) is 2.16. The molecule has 1 saturated heterocycles. The van der Waals surface area contributed by atoms with Crippen molar-refractivity contribution >= 4 is 0 Å². The summed E-state index contributed by atoms with van der Waals surface area (Å²) < 4.78 is 5.42. The fourth-order valence-corrected chi connectivity index (χ4v) is 2.98. The van der Waals surface area contributed by atoms with Crippen LogP contribution >= 0.6 is 0 Å². The number of hydrogen-bond donors (Lipinski definition) is 1. The third kappa shape index (κ3) is 1.75. The Labute approximate surface area is 80.8 Å². The van der Waals surface area contributed by atoms with Crippen LogP contribution in [0.3, 0.4) is 0 Å². The van der Waals surface area contributed by atoms with Gasteiger partial charge in [-0.2, -0.15) is 0 Å². The predicted molar refractivity (Wildman–Crippen MR) is 53.5 cm³/mol. The van der Waals surface area contributed by atoms with E-state index in [0.29, 0.717) is 11.3 Å². The minimum atomic E-state index is 0.0833. The van der Waals surface area contributed by atoms with E-state index in [1.165, 1.54) is 25.7 Å². The highest BCUT2D eigenvalue weighted by molar-refractivity contribution is 5.02. The van der Waals surface area contributed by atoms with Crippen molar-refractivity contribution in [3.63, 3.8) is 0 Å². The van der Waals surface area contributed by atoms with E-state index in [9.17, 15) is 0 Å². The lowest BCUT2D eigenvalue weighted by Crippen LogP contribution is -2.45. The quantitative estimate of drug-likeness (QED) is 0.674. The predicted octanol–water partition coefficient (Wildman–Crippen LogP) is 1.93. The lowest BCUT2D eigenvalue weighted by atomic mass is 9.79. The van der Waals surface area contributed by atoms with E-state index in [1.54, 1.807) is 0 Å². The molecule has 2 heteroatoms. The Balaban J connectivity index is 2.05. The van der Waals surface area contributed by atoms with Gasteiger partial charge in [-0.25, -0.2) is 0 Å². The van der Waals surface area contributed by atoms with E-state index in [2.05, 4.69) is 13.8 Å². The van der Waals surface area contributed by atoms with Crippen LogP contribution < -0.4 is 5.73 Å². The third-order valence-electron chi connectivity index (χ3n) is 3.82. The number of hydrogen-bond acceptors (Lipinski definition) is 2. The fraction of sp³-hybridized carbons (Fsp3) is 1.00. The van der Waals surface area contributed by atoms with Gasteiger partial charge >= 0.3 is 0 Å². The Morgan fingerprint density at radius 1 is 1.31 bits per heavy atom. The Morgan fingerprint density at radius 2 is 2.08 bits per heavy atom. The second-order valence-electron chi connectivity index (χ2n) is 5.63. The molecular weight excluding hydrogens is 162 g/mol. The molecule has 0 aromatic carbocycles. The maximum Gasteiger partial charge on any atom is 0.0512 e. The van der Waals surface area contributed by atoms with Gasteiger partial charge in [-0.1, -0.05) is 13.8 Å². The molecule has 13 heavy (non-hydrogen) atoms. The molecule has 0 aromatic rings. The summed E-state index contributed by atoms with van der Waals surface area (Å²) in [6, 6.07) is 0. The highest BCUT2D eigenvalue weighted by Gasteiger charge is 2.46. The van der Waals surface area contributed by atoms with Crippen LogP contribution in [0.5, 0.6) is 0 Å². The second kappa shape index (κ2) is 2.96. The minimum absolute atomic E-state index is 0.0833. The van der Waals surface area contributed by atoms with E-state index in [1.807, 2.05) is 0 Å². The van der Waals surface area contributed by atoms with Gasteiger partial charge in [-0.3, -0.25) is 0 Å². The van der Waals surface area contributed by atoms with Gasteiger partial charge in [-0.05, 0) is 31.1 Å². The molecule has 2 N–H and O–H groups in total. The summed E-state index contributed by atoms with van der Waals surface area (Å²) >= 11 is 0. The van der Waals surface area contributed by atoms with E-state index >= 15 is 0 Å². The van der Waals surface area contributed by atoms with Gasteiger partial charge < -0.3 is 10.5 Å². The highest BCUT2D eigenvalue weighted by atomic mass is 16.5. The molecule has 2 atom stereocenters. The van der Waals surface area contributed by atoms with Crippen molar-refractivity contribution in [3.05, 3.63) is 0 Å². The Bertz CT molecular complexity index is 196. The molecule has 2 rings (SSSR count). The van der Waals surface area contributed by atoms with Gasteiger partial charge in [-0.15, -0.1) is 0 Å². The largest absolute Gasteiger partial charge is 0.381 e. The molecule has 1 aliphatic carbocycles. The molecule has 2 fully saturated rings. The lowest BCUT2D eigenvalue weighted by molar-refractivity contribution is 0.158. The summed E-state index contributed by atoms with van der Waals surface area (Å²) in [6.45, 7) is 6.48. The summed E-state index contributed by atoms with van der Waals surface area (Å²) in [7, 11) is 0. The maximum absolute atomic E-state index is 6.46. The first-order valence-corrected chi connectivity index (χ1v) is 5.39. The normalized spacial score (nSPS) is 44.1. The SMILES string of the molecule is CC1(C)CCC(N)(C2CCOC2)C1. The molecular formula is C11H21NO. The monoisotopic (exact) mass is 183 g/mol. The minimum Gasteiger partial charge on any atom is -0.381 e. The van der Waals surface area contributed by atoms with Crippen LogP contribution in [-0.2, 0) is 4.74 Å². The van der Waals surface area contributed by atoms with Crippen molar-refractivity contribution in [2.24, 2.45) is 17.1 Å². The molecule has 2 nitrogen and oxygen atoms in total. The second-order valence-corrected chi connectivity index (χ2v) is 5.63. The summed E-state index contributed by atoms with van der Waals surface area (Å²) in [5, 5.41) is 0. The first-order valence-electron chi connectivity index (χ1n) is 5.39. The average molecular weight is 183 g/mol.